The minimum atomic E-state index is -1.60. The lowest BCUT2D eigenvalue weighted by molar-refractivity contribution is -0.870. The molecular weight excluding hydrogens is 807 g/mol. The second kappa shape index (κ2) is 22.3. The number of quaternary nitrogens is 1. The number of aromatic amines is 1. The highest BCUT2D eigenvalue weighted by Gasteiger charge is 2.43. The van der Waals surface area contributed by atoms with Crippen LogP contribution in [0.1, 0.15) is 51.0 Å². The van der Waals surface area contributed by atoms with Crippen LogP contribution in [0, 0.1) is 0 Å². The molecule has 21 heteroatoms. The molecule has 59 heavy (non-hydrogen) atoms. The zero-order valence-corrected chi connectivity index (χ0v) is 35.5. The van der Waals surface area contributed by atoms with Crippen molar-refractivity contribution in [2.45, 2.75) is 94.6 Å². The second-order valence-corrected chi connectivity index (χ2v) is 18.5. The number of nitrogens with two attached hydrogens (primary N) is 1. The van der Waals surface area contributed by atoms with E-state index < -0.39 is 96.9 Å². The Morgan fingerprint density at radius 1 is 0.949 bits per heavy atom. The van der Waals surface area contributed by atoms with E-state index in [1.807, 2.05) is 51.6 Å². The molecule has 7 unspecified atom stereocenters. The number of carboxylic acids is 1. The molecule has 7 atom stereocenters. The molecular formula is C38H58N9O10S2+. The Bertz CT molecular complexity index is 1810. The Kier molecular flexibility index (Phi) is 17.8. The summed E-state index contributed by atoms with van der Waals surface area (Å²) in [5.41, 5.74) is 7.49. The van der Waals surface area contributed by atoms with Crippen LogP contribution in [-0.2, 0) is 44.9 Å². The predicted octanol–water partition coefficient (Wildman–Crippen LogP) is -0.857. The van der Waals surface area contributed by atoms with E-state index in [2.05, 4.69) is 31.6 Å². The number of nitrogens with one attached hydrogen (secondary N) is 6. The van der Waals surface area contributed by atoms with Crippen molar-refractivity contribution < 1.29 is 53.0 Å². The average molecular weight is 865 g/mol. The fraction of sp³-hybridized carbons (Fsp3) is 0.605. The first kappa shape index (κ1) is 47.3. The first-order valence-electron chi connectivity index (χ1n) is 19.6. The van der Waals surface area contributed by atoms with Crippen molar-refractivity contribution in [3.63, 3.8) is 0 Å². The van der Waals surface area contributed by atoms with E-state index in [0.29, 0.717) is 23.1 Å². The molecule has 2 aliphatic heterocycles. The quantitative estimate of drug-likeness (QED) is 0.0758. The third kappa shape index (κ3) is 15.0. The maximum atomic E-state index is 13.9. The van der Waals surface area contributed by atoms with Gasteiger partial charge >= 0.3 is 5.97 Å². The molecule has 10 N–H and O–H groups in total. The van der Waals surface area contributed by atoms with Crippen molar-refractivity contribution in [3.05, 3.63) is 36.0 Å². The number of fused-ring (bicyclic) bond motifs is 2. The van der Waals surface area contributed by atoms with Gasteiger partial charge in [0, 0.05) is 47.1 Å². The van der Waals surface area contributed by atoms with Gasteiger partial charge in [-0.15, -0.1) is 0 Å². The number of unbranched alkanes of at least 4 members (excludes halogenated alkanes) is 1. The zero-order valence-electron chi connectivity index (χ0n) is 33.9. The summed E-state index contributed by atoms with van der Waals surface area (Å²) >= 11 is 0. The van der Waals surface area contributed by atoms with Gasteiger partial charge in [-0.05, 0) is 38.7 Å². The Labute approximate surface area is 351 Å². The van der Waals surface area contributed by atoms with Gasteiger partial charge in [0.1, 0.15) is 24.4 Å². The lowest BCUT2D eigenvalue weighted by Gasteiger charge is -2.33. The van der Waals surface area contributed by atoms with Crippen molar-refractivity contribution in [2.75, 3.05) is 52.3 Å². The topological polar surface area (TPSA) is 274 Å². The molecule has 0 aliphatic carbocycles. The monoisotopic (exact) mass is 864 g/mol. The van der Waals surface area contributed by atoms with Crippen molar-refractivity contribution in [1.29, 1.82) is 0 Å². The maximum Gasteiger partial charge on any atom is 0.305 e. The molecule has 4 rings (SSSR count). The lowest BCUT2D eigenvalue weighted by Crippen LogP contribution is -2.59. The normalized spacial score (nSPS) is 26.5. The number of primary amides is 1. The molecule has 2 aliphatic rings. The summed E-state index contributed by atoms with van der Waals surface area (Å²) < 4.78 is 6.95. The Balaban J connectivity index is 1.53. The van der Waals surface area contributed by atoms with Gasteiger partial charge in [0.05, 0.1) is 65.4 Å². The standard InChI is InChI=1S/C38H57N9O10S2/c1-22-38(56)46-19-24(57-20-23-17-40-26-10-6-5-9-25(23)26)15-30(46)37(55)45-29(34(39)52)21-59-58-14-12-31(48)43-27(11-7-8-13-47(2,3)4)35(53)41-18-32(49)44-28(16-33(50)51)36(54)42-22/h5-6,9-10,17,22,24,27-30,38,40,56H,7-8,11-16,18-21H2,1-4H3,(H7-,39,41,42,43,44,45,48,49,50,51,52,53,54,55)/p+1. The first-order valence-corrected chi connectivity index (χ1v) is 22.0. The Hall–Kier alpha value is -4.41. The number of carbonyl (C=O) groups is 7. The molecule has 2 fully saturated rings. The van der Waals surface area contributed by atoms with Gasteiger partial charge in [0.2, 0.25) is 35.4 Å². The van der Waals surface area contributed by atoms with Gasteiger partial charge in [-0.3, -0.25) is 38.5 Å². The smallest absolute Gasteiger partial charge is 0.305 e. The summed E-state index contributed by atoms with van der Waals surface area (Å²) in [6, 6.07) is 1.85. The minimum Gasteiger partial charge on any atom is -0.481 e. The third-order valence-electron chi connectivity index (χ3n) is 9.98. The van der Waals surface area contributed by atoms with Crippen LogP contribution < -0.4 is 32.3 Å². The fourth-order valence-electron chi connectivity index (χ4n) is 6.80. The number of aliphatic hydroxyl groups is 1. The summed E-state index contributed by atoms with van der Waals surface area (Å²) in [4.78, 5) is 95.5. The van der Waals surface area contributed by atoms with E-state index in [-0.39, 0.29) is 31.7 Å². The van der Waals surface area contributed by atoms with Gasteiger partial charge in [-0.1, -0.05) is 39.8 Å². The summed E-state index contributed by atoms with van der Waals surface area (Å²) in [5, 5.41) is 35.0. The fourth-order valence-corrected chi connectivity index (χ4v) is 8.97. The molecule has 6 amide bonds. The molecule has 19 nitrogen and oxygen atoms in total. The van der Waals surface area contributed by atoms with Gasteiger partial charge in [0.15, 0.2) is 0 Å². The van der Waals surface area contributed by atoms with E-state index in [9.17, 15) is 43.8 Å². The highest BCUT2D eigenvalue weighted by atomic mass is 33.1. The van der Waals surface area contributed by atoms with Crippen LogP contribution in [0.15, 0.2) is 30.5 Å². The number of rotatable bonds is 11. The molecule has 2 aromatic rings. The van der Waals surface area contributed by atoms with Crippen LogP contribution in [0.5, 0.6) is 0 Å². The number of aliphatic carboxylic acids is 1. The largest absolute Gasteiger partial charge is 0.481 e. The summed E-state index contributed by atoms with van der Waals surface area (Å²) in [5.74, 6) is -5.27. The zero-order chi connectivity index (χ0) is 43.3. The average Bonchev–Trinajstić information content (AvgIpc) is 3.79. The highest BCUT2D eigenvalue weighted by Crippen LogP contribution is 2.27. The van der Waals surface area contributed by atoms with E-state index in [1.54, 1.807) is 0 Å². The lowest BCUT2D eigenvalue weighted by atomic mass is 10.1. The predicted molar refractivity (Wildman–Crippen MR) is 222 cm³/mol. The number of benzene rings is 1. The molecule has 0 spiro atoms. The number of aliphatic hydroxyl groups excluding tert-OH is 1. The van der Waals surface area contributed by atoms with Gasteiger partial charge in [0.25, 0.3) is 0 Å². The van der Waals surface area contributed by atoms with Crippen LogP contribution in [0.2, 0.25) is 0 Å². The number of carbonyl (C=O) groups excluding carboxylic acids is 6. The summed E-state index contributed by atoms with van der Waals surface area (Å²) in [7, 11) is 8.62. The molecule has 1 aromatic carbocycles. The number of carboxylic acid groups (broad SMARTS) is 1. The van der Waals surface area contributed by atoms with Crippen molar-refractivity contribution >= 4 is 73.9 Å². The highest BCUT2D eigenvalue weighted by molar-refractivity contribution is 8.76. The number of H-pyrrole nitrogens is 1. The molecule has 3 heterocycles. The molecule has 2 saturated heterocycles. The number of ether oxygens (including phenoxy) is 1. The summed E-state index contributed by atoms with van der Waals surface area (Å²) in [6.45, 7) is 1.90. The number of para-hydroxylation sites is 1. The van der Waals surface area contributed by atoms with Crippen LogP contribution in [-0.4, -0.2) is 161 Å². The minimum absolute atomic E-state index is 0.0213. The number of amides is 6. The van der Waals surface area contributed by atoms with E-state index in [4.69, 9.17) is 10.5 Å². The SMILES string of the molecule is CC1NC(=O)C(CC(=O)O)NC(=O)CNC(=O)C(CCCC[N+](C)(C)C)NC(=O)CCSSCC(C(N)=O)NC(=O)C2CC(OCc3c[nH]c4ccccc34)CN2C1O. The Morgan fingerprint density at radius 3 is 2.39 bits per heavy atom. The molecule has 0 radical (unpaired) electrons. The molecule has 0 saturated carbocycles. The molecule has 0 bridgehead atoms. The van der Waals surface area contributed by atoms with Crippen molar-refractivity contribution in [3.8, 4) is 0 Å². The number of aromatic nitrogens is 1. The maximum absolute atomic E-state index is 13.9. The Morgan fingerprint density at radius 2 is 1.68 bits per heavy atom. The molecule has 326 valence electrons. The summed E-state index contributed by atoms with van der Waals surface area (Å²) in [6.07, 6.45) is 0.713. The first-order chi connectivity index (χ1) is 27.9. The van der Waals surface area contributed by atoms with Gasteiger partial charge in [-0.25, -0.2) is 0 Å². The molecule has 1 aromatic heterocycles. The van der Waals surface area contributed by atoms with E-state index in [0.717, 1.165) is 29.4 Å². The van der Waals surface area contributed by atoms with E-state index in [1.165, 1.54) is 33.4 Å². The van der Waals surface area contributed by atoms with Crippen LogP contribution in [0.4, 0.5) is 0 Å². The van der Waals surface area contributed by atoms with Crippen molar-refractivity contribution in [1.82, 2.24) is 36.5 Å². The number of hydrogen-bond acceptors (Lipinski definition) is 12. The van der Waals surface area contributed by atoms with Crippen molar-refractivity contribution in [2.24, 2.45) is 5.73 Å². The number of hydrogen-bond donors (Lipinski definition) is 9. The van der Waals surface area contributed by atoms with Crippen LogP contribution >= 0.6 is 21.6 Å². The van der Waals surface area contributed by atoms with Crippen LogP contribution in [0.3, 0.4) is 0 Å². The van der Waals surface area contributed by atoms with E-state index >= 15 is 0 Å². The van der Waals surface area contributed by atoms with Gasteiger partial charge < -0.3 is 56.7 Å². The van der Waals surface area contributed by atoms with Gasteiger partial charge in [-0.2, -0.15) is 0 Å². The van der Waals surface area contributed by atoms with Crippen LogP contribution in [0.25, 0.3) is 10.9 Å². The third-order valence-corrected chi connectivity index (χ3v) is 12.4. The second-order valence-electron chi connectivity index (χ2n) is 15.8. The number of nitrogens with zero attached hydrogens (tertiary/aromatic N) is 2.